The highest BCUT2D eigenvalue weighted by Gasteiger charge is 2.24. The van der Waals surface area contributed by atoms with Crippen LogP contribution >= 0.6 is 0 Å². The van der Waals surface area contributed by atoms with Crippen molar-refractivity contribution in [3.63, 3.8) is 0 Å². The van der Waals surface area contributed by atoms with Crippen LogP contribution in [0, 0.1) is 0 Å². The highest BCUT2D eigenvalue weighted by molar-refractivity contribution is 5.44. The number of nitrogens with two attached hydrogens (primary N) is 1. The predicted molar refractivity (Wildman–Crippen MR) is 79.1 cm³/mol. The van der Waals surface area contributed by atoms with E-state index in [2.05, 4.69) is 19.2 Å². The molecule has 3 N–H and O–H groups in total. The van der Waals surface area contributed by atoms with E-state index in [-0.39, 0.29) is 11.5 Å². The smallest absolute Gasteiger partial charge is 0.122 e. The standard InChI is InChI=1S/C15H26N2O2/c1-11(16)9-17-10-15(2,3)13-8-12(18-4)6-7-14(13)19-5/h6-8,11,17H,9-10,16H2,1-5H3. The summed E-state index contributed by atoms with van der Waals surface area (Å²) >= 11 is 0. The van der Waals surface area contributed by atoms with Crippen LogP contribution in [-0.2, 0) is 5.41 Å². The van der Waals surface area contributed by atoms with E-state index in [1.165, 1.54) is 0 Å². The van der Waals surface area contributed by atoms with Gasteiger partial charge in [0.25, 0.3) is 0 Å². The van der Waals surface area contributed by atoms with E-state index in [9.17, 15) is 0 Å². The molecule has 4 heteroatoms. The van der Waals surface area contributed by atoms with Crippen LogP contribution in [0.5, 0.6) is 11.5 Å². The van der Waals surface area contributed by atoms with E-state index in [0.29, 0.717) is 0 Å². The number of ether oxygens (including phenoxy) is 2. The molecule has 0 bridgehead atoms. The highest BCUT2D eigenvalue weighted by Crippen LogP contribution is 2.34. The van der Waals surface area contributed by atoms with Crippen LogP contribution in [0.1, 0.15) is 26.3 Å². The molecule has 0 amide bonds. The van der Waals surface area contributed by atoms with Crippen LogP contribution < -0.4 is 20.5 Å². The van der Waals surface area contributed by atoms with Gasteiger partial charge in [-0.25, -0.2) is 0 Å². The first-order valence-electron chi connectivity index (χ1n) is 6.59. The SMILES string of the molecule is COc1ccc(OC)c(C(C)(C)CNCC(C)N)c1. The van der Waals surface area contributed by atoms with Crippen molar-refractivity contribution in [2.45, 2.75) is 32.2 Å². The zero-order valence-electron chi connectivity index (χ0n) is 12.6. The molecule has 0 spiro atoms. The molecule has 4 nitrogen and oxygen atoms in total. The van der Waals surface area contributed by atoms with E-state index in [0.717, 1.165) is 30.2 Å². The van der Waals surface area contributed by atoms with Gasteiger partial charge in [-0.05, 0) is 25.1 Å². The van der Waals surface area contributed by atoms with Crippen molar-refractivity contribution in [3.05, 3.63) is 23.8 Å². The van der Waals surface area contributed by atoms with E-state index >= 15 is 0 Å². The molecule has 0 saturated heterocycles. The molecule has 0 fully saturated rings. The largest absolute Gasteiger partial charge is 0.497 e. The fraction of sp³-hybridized carbons (Fsp3) is 0.600. The summed E-state index contributed by atoms with van der Waals surface area (Å²) in [6.45, 7) is 7.98. The number of methoxy groups -OCH3 is 2. The minimum absolute atomic E-state index is 0.0607. The Hall–Kier alpha value is -1.26. The van der Waals surface area contributed by atoms with Crippen molar-refractivity contribution in [2.24, 2.45) is 5.73 Å². The monoisotopic (exact) mass is 266 g/mol. The molecule has 0 radical (unpaired) electrons. The van der Waals surface area contributed by atoms with Crippen LogP contribution in [0.15, 0.2) is 18.2 Å². The van der Waals surface area contributed by atoms with E-state index < -0.39 is 0 Å². The Kier molecular flexibility index (Phi) is 5.63. The quantitative estimate of drug-likeness (QED) is 0.791. The molecule has 0 aliphatic heterocycles. The second kappa shape index (κ2) is 6.78. The van der Waals surface area contributed by atoms with Gasteiger partial charge >= 0.3 is 0 Å². The highest BCUT2D eigenvalue weighted by atomic mass is 16.5. The third-order valence-electron chi connectivity index (χ3n) is 3.17. The van der Waals surface area contributed by atoms with Crippen molar-refractivity contribution in [1.82, 2.24) is 5.32 Å². The molecule has 1 rings (SSSR count). The number of hydrogen-bond donors (Lipinski definition) is 2. The summed E-state index contributed by atoms with van der Waals surface area (Å²) in [5.41, 5.74) is 6.83. The molecular weight excluding hydrogens is 240 g/mol. The molecule has 1 aromatic rings. The molecular formula is C15H26N2O2. The van der Waals surface area contributed by atoms with Gasteiger partial charge in [-0.15, -0.1) is 0 Å². The molecule has 108 valence electrons. The van der Waals surface area contributed by atoms with Crippen LogP contribution in [0.25, 0.3) is 0 Å². The third kappa shape index (κ3) is 4.40. The third-order valence-corrected chi connectivity index (χ3v) is 3.17. The Morgan fingerprint density at radius 2 is 1.95 bits per heavy atom. The van der Waals surface area contributed by atoms with Crippen LogP contribution in [0.2, 0.25) is 0 Å². The Morgan fingerprint density at radius 1 is 1.26 bits per heavy atom. The van der Waals surface area contributed by atoms with Gasteiger partial charge in [-0.2, -0.15) is 0 Å². The van der Waals surface area contributed by atoms with E-state index in [1.54, 1.807) is 14.2 Å². The summed E-state index contributed by atoms with van der Waals surface area (Å²) in [6, 6.07) is 6.05. The summed E-state index contributed by atoms with van der Waals surface area (Å²) in [5.74, 6) is 1.73. The number of nitrogens with one attached hydrogen (secondary N) is 1. The van der Waals surface area contributed by atoms with Crippen LogP contribution in [0.4, 0.5) is 0 Å². The van der Waals surface area contributed by atoms with Gasteiger partial charge in [0.05, 0.1) is 14.2 Å². The Bertz CT molecular complexity index is 403. The van der Waals surface area contributed by atoms with Crippen LogP contribution in [0.3, 0.4) is 0 Å². The average Bonchev–Trinajstić information content (AvgIpc) is 2.37. The minimum Gasteiger partial charge on any atom is -0.497 e. The van der Waals surface area contributed by atoms with Gasteiger partial charge in [-0.3, -0.25) is 0 Å². The molecule has 0 heterocycles. The summed E-state index contributed by atoms with van der Waals surface area (Å²) in [4.78, 5) is 0. The zero-order valence-corrected chi connectivity index (χ0v) is 12.6. The Balaban J connectivity index is 2.91. The Morgan fingerprint density at radius 3 is 2.47 bits per heavy atom. The first-order chi connectivity index (χ1) is 8.90. The Labute approximate surface area is 116 Å². The van der Waals surface area contributed by atoms with E-state index in [4.69, 9.17) is 15.2 Å². The first-order valence-corrected chi connectivity index (χ1v) is 6.59. The molecule has 0 aromatic heterocycles. The maximum Gasteiger partial charge on any atom is 0.122 e. The fourth-order valence-electron chi connectivity index (χ4n) is 2.05. The lowest BCUT2D eigenvalue weighted by Crippen LogP contribution is -2.39. The van der Waals surface area contributed by atoms with Gasteiger partial charge in [0, 0.05) is 30.1 Å². The number of rotatable bonds is 7. The van der Waals surface area contributed by atoms with Gasteiger partial charge < -0.3 is 20.5 Å². The van der Waals surface area contributed by atoms with Crippen molar-refractivity contribution in [2.75, 3.05) is 27.3 Å². The zero-order chi connectivity index (χ0) is 14.5. The average molecular weight is 266 g/mol. The summed E-state index contributed by atoms with van der Waals surface area (Å²) in [6.07, 6.45) is 0. The molecule has 1 aromatic carbocycles. The maximum absolute atomic E-state index is 5.75. The van der Waals surface area contributed by atoms with E-state index in [1.807, 2.05) is 25.1 Å². The molecule has 0 saturated carbocycles. The van der Waals surface area contributed by atoms with Crippen molar-refractivity contribution >= 4 is 0 Å². The predicted octanol–water partition coefficient (Wildman–Crippen LogP) is 1.92. The van der Waals surface area contributed by atoms with Gasteiger partial charge in [-0.1, -0.05) is 13.8 Å². The summed E-state index contributed by atoms with van der Waals surface area (Å²) in [7, 11) is 3.36. The second-order valence-corrected chi connectivity index (χ2v) is 5.56. The van der Waals surface area contributed by atoms with Gasteiger partial charge in [0.1, 0.15) is 11.5 Å². The molecule has 0 aliphatic carbocycles. The fourth-order valence-corrected chi connectivity index (χ4v) is 2.05. The lowest BCUT2D eigenvalue weighted by Gasteiger charge is -2.28. The molecule has 19 heavy (non-hydrogen) atoms. The molecule has 1 atom stereocenters. The number of benzene rings is 1. The summed E-state index contributed by atoms with van der Waals surface area (Å²) < 4.78 is 10.7. The van der Waals surface area contributed by atoms with Gasteiger partial charge in [0.15, 0.2) is 0 Å². The second-order valence-electron chi connectivity index (χ2n) is 5.56. The van der Waals surface area contributed by atoms with Crippen LogP contribution in [-0.4, -0.2) is 33.4 Å². The van der Waals surface area contributed by atoms with Gasteiger partial charge in [0.2, 0.25) is 0 Å². The van der Waals surface area contributed by atoms with Crippen molar-refractivity contribution in [3.8, 4) is 11.5 Å². The lowest BCUT2D eigenvalue weighted by atomic mass is 9.83. The van der Waals surface area contributed by atoms with Crippen molar-refractivity contribution in [1.29, 1.82) is 0 Å². The van der Waals surface area contributed by atoms with Crippen molar-refractivity contribution < 1.29 is 9.47 Å². The minimum atomic E-state index is -0.0607. The normalized spacial score (nSPS) is 13.2. The maximum atomic E-state index is 5.75. The summed E-state index contributed by atoms with van der Waals surface area (Å²) in [5, 5.41) is 3.39. The topological polar surface area (TPSA) is 56.5 Å². The first kappa shape index (κ1) is 15.8. The molecule has 1 unspecified atom stereocenters. The molecule has 0 aliphatic rings. The lowest BCUT2D eigenvalue weighted by molar-refractivity contribution is 0.376. The number of hydrogen-bond acceptors (Lipinski definition) is 4.